The van der Waals surface area contributed by atoms with Gasteiger partial charge in [0.25, 0.3) is 0 Å². The van der Waals surface area contributed by atoms with E-state index in [0.29, 0.717) is 0 Å². The summed E-state index contributed by atoms with van der Waals surface area (Å²) >= 11 is 0. The molecule has 3 rings (SSSR count). The minimum Gasteiger partial charge on any atom is -0.298 e. The molecule has 3 aromatic rings. The zero-order valence-electron chi connectivity index (χ0n) is 18.0. The van der Waals surface area contributed by atoms with Crippen LogP contribution < -0.4 is 0 Å². The van der Waals surface area contributed by atoms with Gasteiger partial charge >= 0.3 is 0 Å². The average molecular weight is 406 g/mol. The monoisotopic (exact) mass is 405 g/mol. The largest absolute Gasteiger partial charge is 0.298 e. The summed E-state index contributed by atoms with van der Waals surface area (Å²) in [5.74, 6) is 0. The first-order valence-electron chi connectivity index (χ1n) is 9.94. The molecule has 1 nitrogen and oxygen atoms in total. The van der Waals surface area contributed by atoms with Crippen molar-refractivity contribution in [2.45, 2.75) is 39.3 Å². The fourth-order valence-corrected chi connectivity index (χ4v) is 3.66. The third-order valence-corrected chi connectivity index (χ3v) is 5.50. The molecule has 0 bridgehead atoms. The Morgan fingerprint density at radius 2 is 1.38 bits per heavy atom. The Balaban J connectivity index is 0.00000300. The molecule has 0 aliphatic heterocycles. The molecule has 0 aliphatic carbocycles. The Bertz CT molecular complexity index is 926. The molecule has 0 N–H and O–H groups in total. The lowest BCUT2D eigenvalue weighted by Crippen LogP contribution is -2.19. The van der Waals surface area contributed by atoms with Gasteiger partial charge in [-0.25, -0.2) is 0 Å². The fourth-order valence-electron chi connectivity index (χ4n) is 3.66. The van der Waals surface area contributed by atoms with Gasteiger partial charge in [0.05, 0.1) is 0 Å². The molecule has 3 aromatic carbocycles. The number of hydrogen-bond donors (Lipinski definition) is 0. The highest BCUT2D eigenvalue weighted by Crippen LogP contribution is 2.31. The zero-order valence-corrected chi connectivity index (χ0v) is 18.8. The molecule has 152 valence electrons. The molecule has 0 aromatic heterocycles. The van der Waals surface area contributed by atoms with Gasteiger partial charge in [0.2, 0.25) is 0 Å². The molecule has 0 fully saturated rings. The van der Waals surface area contributed by atoms with Gasteiger partial charge in [-0.15, -0.1) is 12.4 Å². The lowest BCUT2D eigenvalue weighted by molar-refractivity contribution is 0.319. The van der Waals surface area contributed by atoms with E-state index in [4.69, 9.17) is 0 Å². The predicted octanol–water partition coefficient (Wildman–Crippen LogP) is 7.10. The minimum atomic E-state index is 0. The first kappa shape index (κ1) is 22.9. The Morgan fingerprint density at radius 3 is 2.00 bits per heavy atom. The molecular formula is C27H32ClN. The standard InChI is InChI=1S/C27H31N.ClH/c1-21(2)24-11-9-10-23(18-24)20-28(5)19-22-14-16-26(17-15-22)27(3,4)25-12-7-6-8-13-25;/h6-18H,1,19-20H2,2-5H3;1H. The van der Waals surface area contributed by atoms with Gasteiger partial charge in [-0.3, -0.25) is 4.90 Å². The maximum atomic E-state index is 4.05. The Kier molecular flexibility index (Phi) is 7.84. The molecule has 0 saturated carbocycles. The van der Waals surface area contributed by atoms with Crippen LogP contribution in [-0.4, -0.2) is 11.9 Å². The summed E-state index contributed by atoms with van der Waals surface area (Å²) in [5.41, 5.74) is 7.70. The first-order valence-corrected chi connectivity index (χ1v) is 9.94. The van der Waals surface area contributed by atoms with Crippen LogP contribution in [0.5, 0.6) is 0 Å². The van der Waals surface area contributed by atoms with E-state index in [2.05, 4.69) is 118 Å². The second-order valence-electron chi connectivity index (χ2n) is 8.34. The van der Waals surface area contributed by atoms with E-state index in [1.807, 2.05) is 0 Å². The fraction of sp³-hybridized carbons (Fsp3) is 0.259. The van der Waals surface area contributed by atoms with Gasteiger partial charge < -0.3 is 0 Å². The SMILES string of the molecule is C=C(C)c1cccc(CN(C)Cc2ccc(C(C)(C)c3ccccc3)cc2)c1.Cl. The molecule has 0 heterocycles. The van der Waals surface area contributed by atoms with Gasteiger partial charge in [-0.05, 0) is 41.8 Å². The molecule has 29 heavy (non-hydrogen) atoms. The third kappa shape index (κ3) is 5.82. The van der Waals surface area contributed by atoms with E-state index in [-0.39, 0.29) is 17.8 Å². The van der Waals surface area contributed by atoms with Crippen molar-refractivity contribution in [3.05, 3.63) is 113 Å². The molecule has 0 radical (unpaired) electrons. The molecule has 0 saturated heterocycles. The molecule has 0 atom stereocenters. The molecular weight excluding hydrogens is 374 g/mol. The van der Waals surface area contributed by atoms with Crippen molar-refractivity contribution in [1.82, 2.24) is 4.90 Å². The molecule has 0 amide bonds. The number of halogens is 1. The van der Waals surface area contributed by atoms with Crippen LogP contribution in [0.2, 0.25) is 0 Å². The van der Waals surface area contributed by atoms with E-state index in [0.717, 1.165) is 18.7 Å². The van der Waals surface area contributed by atoms with Crippen LogP contribution >= 0.6 is 12.4 Å². The van der Waals surface area contributed by atoms with Gasteiger partial charge in [0, 0.05) is 18.5 Å². The maximum absolute atomic E-state index is 4.05. The van der Waals surface area contributed by atoms with Gasteiger partial charge in [-0.1, -0.05) is 105 Å². The first-order chi connectivity index (χ1) is 13.4. The van der Waals surface area contributed by atoms with E-state index in [1.165, 1.54) is 27.8 Å². The Hall–Kier alpha value is -2.35. The normalized spacial score (nSPS) is 11.2. The molecule has 0 unspecified atom stereocenters. The summed E-state index contributed by atoms with van der Waals surface area (Å²) < 4.78 is 0. The number of nitrogens with zero attached hydrogens (tertiary/aromatic N) is 1. The van der Waals surface area contributed by atoms with Crippen LogP contribution in [0.1, 0.15) is 48.6 Å². The van der Waals surface area contributed by atoms with Crippen molar-refractivity contribution < 1.29 is 0 Å². The average Bonchev–Trinajstić information content (AvgIpc) is 2.69. The quantitative estimate of drug-likeness (QED) is 0.405. The summed E-state index contributed by atoms with van der Waals surface area (Å²) in [7, 11) is 2.18. The minimum absolute atomic E-state index is 0. The summed E-state index contributed by atoms with van der Waals surface area (Å²) in [6.07, 6.45) is 0. The molecule has 0 spiro atoms. The van der Waals surface area contributed by atoms with Crippen molar-refractivity contribution in [2.75, 3.05) is 7.05 Å². The van der Waals surface area contributed by atoms with E-state index in [1.54, 1.807) is 0 Å². The summed E-state index contributed by atoms with van der Waals surface area (Å²) in [4.78, 5) is 2.36. The predicted molar refractivity (Wildman–Crippen MR) is 129 cm³/mol. The number of rotatable bonds is 7. The lowest BCUT2D eigenvalue weighted by Gasteiger charge is -2.26. The van der Waals surface area contributed by atoms with Crippen molar-refractivity contribution in [2.24, 2.45) is 0 Å². The summed E-state index contributed by atoms with van der Waals surface area (Å²) in [6.45, 7) is 12.5. The Labute approximate surface area is 182 Å². The lowest BCUT2D eigenvalue weighted by atomic mass is 9.78. The smallest absolute Gasteiger partial charge is 0.0234 e. The topological polar surface area (TPSA) is 3.24 Å². The van der Waals surface area contributed by atoms with E-state index < -0.39 is 0 Å². The van der Waals surface area contributed by atoms with Gasteiger partial charge in [-0.2, -0.15) is 0 Å². The molecule has 2 heteroatoms. The van der Waals surface area contributed by atoms with Crippen LogP contribution in [0.25, 0.3) is 5.57 Å². The summed E-state index contributed by atoms with van der Waals surface area (Å²) in [5, 5.41) is 0. The van der Waals surface area contributed by atoms with Gasteiger partial charge in [0.15, 0.2) is 0 Å². The van der Waals surface area contributed by atoms with Crippen molar-refractivity contribution >= 4 is 18.0 Å². The second-order valence-corrected chi connectivity index (χ2v) is 8.34. The van der Waals surface area contributed by atoms with Crippen LogP contribution in [0.3, 0.4) is 0 Å². The summed E-state index contributed by atoms with van der Waals surface area (Å²) in [6, 6.07) is 28.5. The van der Waals surface area contributed by atoms with Crippen LogP contribution in [0, 0.1) is 0 Å². The van der Waals surface area contributed by atoms with Crippen LogP contribution in [0.15, 0.2) is 85.4 Å². The van der Waals surface area contributed by atoms with Crippen molar-refractivity contribution in [1.29, 1.82) is 0 Å². The van der Waals surface area contributed by atoms with E-state index in [9.17, 15) is 0 Å². The number of benzene rings is 3. The van der Waals surface area contributed by atoms with Crippen LogP contribution in [-0.2, 0) is 18.5 Å². The zero-order chi connectivity index (χ0) is 20.1. The third-order valence-electron chi connectivity index (χ3n) is 5.50. The van der Waals surface area contributed by atoms with Crippen molar-refractivity contribution in [3.63, 3.8) is 0 Å². The van der Waals surface area contributed by atoms with Crippen LogP contribution in [0.4, 0.5) is 0 Å². The van der Waals surface area contributed by atoms with Crippen molar-refractivity contribution in [3.8, 4) is 0 Å². The Morgan fingerprint density at radius 1 is 0.793 bits per heavy atom. The maximum Gasteiger partial charge on any atom is 0.0234 e. The number of allylic oxidation sites excluding steroid dienone is 1. The highest BCUT2D eigenvalue weighted by molar-refractivity contribution is 5.85. The second kappa shape index (κ2) is 9.91. The highest BCUT2D eigenvalue weighted by Gasteiger charge is 2.22. The molecule has 0 aliphatic rings. The van der Waals surface area contributed by atoms with E-state index >= 15 is 0 Å². The highest BCUT2D eigenvalue weighted by atomic mass is 35.5. The number of hydrogen-bond acceptors (Lipinski definition) is 1. The van der Waals surface area contributed by atoms with Gasteiger partial charge in [0.1, 0.15) is 0 Å².